The number of anilines is 2. The summed E-state index contributed by atoms with van der Waals surface area (Å²) >= 11 is 0. The minimum atomic E-state index is -0.221. The molecule has 6 aromatic carbocycles. The molecule has 0 aliphatic heterocycles. The van der Waals surface area contributed by atoms with Crippen LogP contribution in [0.5, 0.6) is 0 Å². The van der Waals surface area contributed by atoms with Crippen LogP contribution in [0.2, 0.25) is 0 Å². The van der Waals surface area contributed by atoms with Crippen molar-refractivity contribution in [3.63, 3.8) is 0 Å². The van der Waals surface area contributed by atoms with Gasteiger partial charge >= 0.3 is 0 Å². The van der Waals surface area contributed by atoms with Crippen molar-refractivity contribution in [2.24, 2.45) is 0 Å². The van der Waals surface area contributed by atoms with Crippen LogP contribution in [0, 0.1) is 5.41 Å². The van der Waals surface area contributed by atoms with Gasteiger partial charge in [0, 0.05) is 57.0 Å². The second kappa shape index (κ2) is 12.5. The Morgan fingerprint density at radius 3 is 1.81 bits per heavy atom. The summed E-state index contributed by atoms with van der Waals surface area (Å²) in [6.07, 6.45) is 3.54. The fourth-order valence-corrected chi connectivity index (χ4v) is 7.38. The van der Waals surface area contributed by atoms with Crippen molar-refractivity contribution >= 4 is 27.9 Å². The van der Waals surface area contributed by atoms with Crippen LogP contribution in [0.25, 0.3) is 56.1 Å². The molecule has 0 bridgehead atoms. The maximum atomic E-state index is 9.71. The normalized spacial score (nSPS) is 12.7. The summed E-state index contributed by atoms with van der Waals surface area (Å²) in [6, 6.07) is 49.4. The molecule has 52 heavy (non-hydrogen) atoms. The van der Waals surface area contributed by atoms with Gasteiger partial charge in [0.2, 0.25) is 0 Å². The van der Waals surface area contributed by atoms with Crippen LogP contribution in [0.3, 0.4) is 0 Å². The zero-order chi connectivity index (χ0) is 35.2. The first kappa shape index (κ1) is 31.2. The third-order valence-corrected chi connectivity index (χ3v) is 10.1. The minimum absolute atomic E-state index is 0.221. The Morgan fingerprint density at radius 1 is 0.558 bits per heavy atom. The topological polar surface area (TPSA) is 87.4 Å². The largest absolute Gasteiger partial charge is 0.355 e. The molecule has 0 amide bonds. The van der Waals surface area contributed by atoms with Gasteiger partial charge < -0.3 is 5.32 Å². The number of nitrogens with zero attached hydrogens (tertiary/aromatic N) is 4. The maximum absolute atomic E-state index is 9.71. The van der Waals surface area contributed by atoms with E-state index < -0.39 is 0 Å². The number of benzene rings is 6. The molecule has 1 aliphatic carbocycles. The fourth-order valence-electron chi connectivity index (χ4n) is 7.38. The van der Waals surface area contributed by atoms with Gasteiger partial charge in [-0.3, -0.25) is 10.4 Å². The van der Waals surface area contributed by atoms with Gasteiger partial charge in [-0.05, 0) is 63.4 Å². The molecule has 9 rings (SSSR count). The van der Waals surface area contributed by atoms with E-state index in [1.165, 1.54) is 11.1 Å². The molecular formula is C46H34N6. The Balaban J connectivity index is 1.17. The molecule has 8 aromatic rings. The summed E-state index contributed by atoms with van der Waals surface area (Å²) in [5.74, 6) is 1.88. The SMILES string of the molecule is CC1(C)c2ccc(C(=N)c3c(Nc4ccncc4)ccc4ccccc34)cc2-c2cc(-c3nc(-c4ccccc4)nc(-c4ccccc4)n3)ccc21. The van der Waals surface area contributed by atoms with Crippen molar-refractivity contribution in [1.82, 2.24) is 19.9 Å². The van der Waals surface area contributed by atoms with Gasteiger partial charge in [-0.25, -0.2) is 15.0 Å². The van der Waals surface area contributed by atoms with Crippen LogP contribution < -0.4 is 5.32 Å². The third kappa shape index (κ3) is 5.42. The highest BCUT2D eigenvalue weighted by atomic mass is 15.0. The zero-order valence-electron chi connectivity index (χ0n) is 28.8. The van der Waals surface area contributed by atoms with Gasteiger partial charge in [0.1, 0.15) is 0 Å². The molecule has 0 saturated heterocycles. The number of rotatable bonds is 7. The summed E-state index contributed by atoms with van der Waals surface area (Å²) in [4.78, 5) is 19.1. The van der Waals surface area contributed by atoms with E-state index in [-0.39, 0.29) is 5.41 Å². The highest BCUT2D eigenvalue weighted by molar-refractivity contribution is 6.22. The van der Waals surface area contributed by atoms with Gasteiger partial charge in [0.15, 0.2) is 17.5 Å². The van der Waals surface area contributed by atoms with E-state index in [9.17, 15) is 5.41 Å². The van der Waals surface area contributed by atoms with Crippen molar-refractivity contribution in [2.75, 3.05) is 5.32 Å². The molecule has 6 nitrogen and oxygen atoms in total. The lowest BCUT2D eigenvalue weighted by atomic mass is 9.82. The lowest BCUT2D eigenvalue weighted by Gasteiger charge is -2.22. The quantitative estimate of drug-likeness (QED) is 0.165. The molecule has 0 spiro atoms. The van der Waals surface area contributed by atoms with Crippen molar-refractivity contribution in [3.8, 4) is 45.3 Å². The summed E-state index contributed by atoms with van der Waals surface area (Å²) in [6.45, 7) is 4.54. The molecule has 248 valence electrons. The van der Waals surface area contributed by atoms with E-state index in [1.54, 1.807) is 12.4 Å². The van der Waals surface area contributed by atoms with Crippen LogP contribution in [-0.2, 0) is 5.41 Å². The molecule has 6 heteroatoms. The molecule has 0 atom stereocenters. The second-order valence-corrected chi connectivity index (χ2v) is 13.6. The predicted molar refractivity (Wildman–Crippen MR) is 211 cm³/mol. The van der Waals surface area contributed by atoms with Crippen LogP contribution in [0.4, 0.5) is 11.4 Å². The highest BCUT2D eigenvalue weighted by Crippen LogP contribution is 2.50. The Hall–Kier alpha value is -6.79. The maximum Gasteiger partial charge on any atom is 0.164 e. The number of pyridine rings is 1. The number of hydrogen-bond acceptors (Lipinski definition) is 6. The molecule has 0 unspecified atom stereocenters. The molecular weight excluding hydrogens is 637 g/mol. The molecule has 2 N–H and O–H groups in total. The van der Waals surface area contributed by atoms with Gasteiger partial charge in [-0.2, -0.15) is 0 Å². The Labute approximate surface area is 302 Å². The molecule has 1 aliphatic rings. The van der Waals surface area contributed by atoms with Crippen LogP contribution in [-0.4, -0.2) is 25.6 Å². The van der Waals surface area contributed by atoms with Gasteiger partial charge in [0.25, 0.3) is 0 Å². The first-order valence-electron chi connectivity index (χ1n) is 17.4. The summed E-state index contributed by atoms with van der Waals surface area (Å²) < 4.78 is 0. The van der Waals surface area contributed by atoms with Crippen molar-refractivity contribution < 1.29 is 0 Å². The van der Waals surface area contributed by atoms with Gasteiger partial charge in [0.05, 0.1) is 5.71 Å². The second-order valence-electron chi connectivity index (χ2n) is 13.6. The van der Waals surface area contributed by atoms with Crippen molar-refractivity contribution in [2.45, 2.75) is 19.3 Å². The van der Waals surface area contributed by atoms with Gasteiger partial charge in [-0.15, -0.1) is 0 Å². The van der Waals surface area contributed by atoms with E-state index in [4.69, 9.17) is 15.0 Å². The highest BCUT2D eigenvalue weighted by Gasteiger charge is 2.36. The average Bonchev–Trinajstić information content (AvgIpc) is 3.43. The third-order valence-electron chi connectivity index (χ3n) is 10.1. The van der Waals surface area contributed by atoms with E-state index in [1.807, 2.05) is 84.9 Å². The number of nitrogens with one attached hydrogen (secondary N) is 2. The monoisotopic (exact) mass is 670 g/mol. The first-order chi connectivity index (χ1) is 25.4. The Morgan fingerprint density at radius 2 is 1.13 bits per heavy atom. The van der Waals surface area contributed by atoms with E-state index in [0.29, 0.717) is 23.2 Å². The smallest absolute Gasteiger partial charge is 0.164 e. The molecule has 2 heterocycles. The standard InChI is InChI=1S/C46H34N6/c1-46(2)38-20-17-32(42(47)41-35-16-10-9-11-29(35)19-22-40(41)49-34-23-25-48-26-24-34)27-36(38)37-28-33(18-21-39(37)46)45-51-43(30-12-5-3-6-13-30)50-44(52-45)31-14-7-4-8-15-31/h3-28,47H,1-2H3,(H,48,49). The first-order valence-corrected chi connectivity index (χ1v) is 17.4. The fraction of sp³-hybridized carbons (Fsp3) is 0.0652. The summed E-state index contributed by atoms with van der Waals surface area (Å²) in [5, 5.41) is 15.4. The number of fused-ring (bicyclic) bond motifs is 4. The lowest BCUT2D eigenvalue weighted by molar-refractivity contribution is 0.660. The number of hydrogen-bond donors (Lipinski definition) is 2. The van der Waals surface area contributed by atoms with Crippen LogP contribution in [0.15, 0.2) is 158 Å². The predicted octanol–water partition coefficient (Wildman–Crippen LogP) is 10.9. The van der Waals surface area contributed by atoms with Crippen molar-refractivity contribution in [3.05, 3.63) is 180 Å². The zero-order valence-corrected chi connectivity index (χ0v) is 28.8. The van der Waals surface area contributed by atoms with E-state index >= 15 is 0 Å². The van der Waals surface area contributed by atoms with E-state index in [0.717, 1.165) is 61.1 Å². The molecule has 0 saturated carbocycles. The van der Waals surface area contributed by atoms with Crippen LogP contribution in [0.1, 0.15) is 36.1 Å². The average molecular weight is 671 g/mol. The summed E-state index contributed by atoms with van der Waals surface area (Å²) in [7, 11) is 0. The van der Waals surface area contributed by atoms with Gasteiger partial charge in [-0.1, -0.05) is 129 Å². The molecule has 0 fully saturated rings. The molecule has 0 radical (unpaired) electrons. The molecule has 2 aromatic heterocycles. The Bertz CT molecular complexity index is 2580. The Kier molecular flexibility index (Phi) is 7.51. The summed E-state index contributed by atoms with van der Waals surface area (Å²) in [5.41, 5.74) is 11.2. The minimum Gasteiger partial charge on any atom is -0.355 e. The number of aromatic nitrogens is 4. The van der Waals surface area contributed by atoms with Crippen molar-refractivity contribution in [1.29, 1.82) is 5.41 Å². The van der Waals surface area contributed by atoms with E-state index in [2.05, 4.69) is 84.8 Å². The van der Waals surface area contributed by atoms with Crippen LogP contribution >= 0.6 is 0 Å². The lowest BCUT2D eigenvalue weighted by Crippen LogP contribution is -2.15.